The highest BCUT2D eigenvalue weighted by molar-refractivity contribution is 6.35. The average molecular weight is 408 g/mol. The largest absolute Gasteiger partial charge is 0.482 e. The van der Waals surface area contributed by atoms with Crippen LogP contribution in [0.4, 0.5) is 5.69 Å². The zero-order chi connectivity index (χ0) is 20.0. The Morgan fingerprint density at radius 1 is 1.26 bits per heavy atom. The zero-order valence-electron chi connectivity index (χ0n) is 14.2. The Morgan fingerprint density at radius 3 is 2.48 bits per heavy atom. The Balaban J connectivity index is 2.47. The molecule has 1 amide bonds. The number of ether oxygens (including phenoxy) is 2. The van der Waals surface area contributed by atoms with Gasteiger partial charge in [-0.05, 0) is 36.4 Å². The van der Waals surface area contributed by atoms with Crippen molar-refractivity contribution in [2.24, 2.45) is 5.73 Å². The molecule has 0 saturated carbocycles. The molecule has 0 bridgehead atoms. The molecule has 2 aromatic rings. The smallest absolute Gasteiger partial charge is 0.333 e. The number of nitriles is 1. The zero-order valence-corrected chi connectivity index (χ0v) is 15.7. The van der Waals surface area contributed by atoms with Crippen LogP contribution >= 0.6 is 23.2 Å². The fourth-order valence-electron chi connectivity index (χ4n) is 2.28. The number of methoxy groups -OCH3 is 1. The molecule has 3 N–H and O–H groups in total. The van der Waals surface area contributed by atoms with Crippen molar-refractivity contribution in [3.05, 3.63) is 57.6 Å². The third-order valence-corrected chi connectivity index (χ3v) is 3.97. The van der Waals surface area contributed by atoms with E-state index in [-0.39, 0.29) is 21.4 Å². The molecule has 2 aromatic carbocycles. The molecule has 0 radical (unpaired) electrons. The molecule has 0 heterocycles. The summed E-state index contributed by atoms with van der Waals surface area (Å²) in [6, 6.07) is 10.3. The van der Waals surface area contributed by atoms with Crippen LogP contribution in [0.25, 0.3) is 0 Å². The Bertz CT molecular complexity index is 895. The number of hydrogen-bond donors (Lipinski definition) is 2. The Morgan fingerprint density at radius 2 is 1.93 bits per heavy atom. The minimum atomic E-state index is -1.04. The van der Waals surface area contributed by atoms with Crippen LogP contribution in [0, 0.1) is 11.3 Å². The van der Waals surface area contributed by atoms with E-state index < -0.39 is 24.5 Å². The van der Waals surface area contributed by atoms with E-state index in [0.717, 1.165) is 0 Å². The summed E-state index contributed by atoms with van der Waals surface area (Å²) < 4.78 is 10.2. The van der Waals surface area contributed by atoms with Crippen LogP contribution in [0.1, 0.15) is 17.2 Å². The van der Waals surface area contributed by atoms with Crippen molar-refractivity contribution in [3.63, 3.8) is 0 Å². The number of rotatable bonds is 7. The van der Waals surface area contributed by atoms with Gasteiger partial charge in [-0.3, -0.25) is 4.79 Å². The van der Waals surface area contributed by atoms with Crippen molar-refractivity contribution >= 4 is 40.8 Å². The Hall–Kier alpha value is -2.95. The molecule has 140 valence electrons. The summed E-state index contributed by atoms with van der Waals surface area (Å²) in [4.78, 5) is 23.5. The number of benzene rings is 2. The van der Waals surface area contributed by atoms with E-state index in [2.05, 4.69) is 5.32 Å². The number of anilines is 1. The van der Waals surface area contributed by atoms with Crippen molar-refractivity contribution in [2.45, 2.75) is 6.04 Å². The summed E-state index contributed by atoms with van der Waals surface area (Å²) in [5.74, 6) is -1.26. The van der Waals surface area contributed by atoms with Gasteiger partial charge in [0.1, 0.15) is 5.75 Å². The van der Waals surface area contributed by atoms with Gasteiger partial charge in [0, 0.05) is 16.3 Å². The van der Waals surface area contributed by atoms with E-state index in [1.807, 2.05) is 6.07 Å². The highest BCUT2D eigenvalue weighted by Gasteiger charge is 2.27. The van der Waals surface area contributed by atoms with Gasteiger partial charge in [-0.25, -0.2) is 4.79 Å². The molecule has 7 nitrogen and oxygen atoms in total. The number of carbonyl (C=O) groups is 2. The lowest BCUT2D eigenvalue weighted by Crippen LogP contribution is -2.25. The van der Waals surface area contributed by atoms with Gasteiger partial charge in [0.15, 0.2) is 12.6 Å². The average Bonchev–Trinajstić information content (AvgIpc) is 2.64. The number of esters is 1. The lowest BCUT2D eigenvalue weighted by atomic mass is 10.0. The molecule has 0 aliphatic rings. The molecule has 0 aliphatic carbocycles. The maximum Gasteiger partial charge on any atom is 0.333 e. The molecule has 1 unspecified atom stereocenters. The molecule has 0 aliphatic heterocycles. The van der Waals surface area contributed by atoms with Gasteiger partial charge in [0.2, 0.25) is 0 Å². The predicted molar refractivity (Wildman–Crippen MR) is 101 cm³/mol. The summed E-state index contributed by atoms with van der Waals surface area (Å²) in [7, 11) is 1.23. The lowest BCUT2D eigenvalue weighted by molar-refractivity contribution is -0.141. The summed E-state index contributed by atoms with van der Waals surface area (Å²) in [6.45, 7) is -0.431. The summed E-state index contributed by atoms with van der Waals surface area (Å²) in [6.07, 6.45) is 0. The van der Waals surface area contributed by atoms with E-state index in [1.54, 1.807) is 24.3 Å². The second-order valence-electron chi connectivity index (χ2n) is 5.35. The van der Waals surface area contributed by atoms with Crippen LogP contribution < -0.4 is 15.8 Å². The maximum atomic E-state index is 12.4. The molecule has 2 rings (SSSR count). The number of hydrogen-bond acceptors (Lipinski definition) is 6. The minimum absolute atomic E-state index is 0.0800. The van der Waals surface area contributed by atoms with Gasteiger partial charge in [-0.2, -0.15) is 5.26 Å². The normalized spacial score (nSPS) is 11.2. The van der Waals surface area contributed by atoms with Gasteiger partial charge in [0.05, 0.1) is 23.8 Å². The van der Waals surface area contributed by atoms with E-state index >= 15 is 0 Å². The molecular formula is C18H15Cl2N3O4. The molecule has 0 aromatic heterocycles. The molecule has 27 heavy (non-hydrogen) atoms. The van der Waals surface area contributed by atoms with Crippen LogP contribution in [0.5, 0.6) is 5.75 Å². The van der Waals surface area contributed by atoms with Crippen molar-refractivity contribution < 1.29 is 19.1 Å². The first-order chi connectivity index (χ1) is 12.8. The minimum Gasteiger partial charge on any atom is -0.482 e. The van der Waals surface area contributed by atoms with E-state index in [9.17, 15) is 9.59 Å². The number of carbonyl (C=O) groups excluding carboxylic acids is 2. The maximum absolute atomic E-state index is 12.4. The lowest BCUT2D eigenvalue weighted by Gasteiger charge is -2.22. The fraction of sp³-hybridized carbons (Fsp3) is 0.167. The number of nitrogens with zero attached hydrogens (tertiary/aromatic N) is 1. The van der Waals surface area contributed by atoms with Crippen molar-refractivity contribution in [2.75, 3.05) is 19.0 Å². The highest BCUT2D eigenvalue weighted by Crippen LogP contribution is 2.37. The molecule has 0 fully saturated rings. The van der Waals surface area contributed by atoms with Gasteiger partial charge in [-0.15, -0.1) is 0 Å². The number of nitrogens with two attached hydrogens (primary N) is 1. The van der Waals surface area contributed by atoms with Gasteiger partial charge < -0.3 is 20.5 Å². The van der Waals surface area contributed by atoms with Gasteiger partial charge in [-0.1, -0.05) is 23.2 Å². The fourth-order valence-corrected chi connectivity index (χ4v) is 2.84. The van der Waals surface area contributed by atoms with Crippen LogP contribution in [-0.2, 0) is 14.3 Å². The first-order valence-electron chi connectivity index (χ1n) is 7.60. The topological polar surface area (TPSA) is 114 Å². The van der Waals surface area contributed by atoms with E-state index in [4.69, 9.17) is 43.7 Å². The van der Waals surface area contributed by atoms with Gasteiger partial charge in [0.25, 0.3) is 5.91 Å². The SMILES string of the molecule is COC(=O)C(Nc1ccc(C#N)cc1)c1cc(Cl)cc(Cl)c1OCC(N)=O. The first-order valence-corrected chi connectivity index (χ1v) is 8.36. The highest BCUT2D eigenvalue weighted by atomic mass is 35.5. The van der Waals surface area contributed by atoms with Crippen molar-refractivity contribution in [3.8, 4) is 11.8 Å². The molecule has 9 heteroatoms. The third-order valence-electron chi connectivity index (χ3n) is 3.47. The van der Waals surface area contributed by atoms with Crippen LogP contribution in [0.3, 0.4) is 0 Å². The Labute approximate surface area is 165 Å². The number of primary amides is 1. The number of nitrogens with one attached hydrogen (secondary N) is 1. The summed E-state index contributed by atoms with van der Waals surface area (Å²) >= 11 is 12.2. The predicted octanol–water partition coefficient (Wildman–Crippen LogP) is 3.06. The number of halogens is 2. The third kappa shape index (κ3) is 5.26. The van der Waals surface area contributed by atoms with E-state index in [0.29, 0.717) is 11.3 Å². The van der Waals surface area contributed by atoms with Crippen LogP contribution in [0.15, 0.2) is 36.4 Å². The molecule has 1 atom stereocenters. The molecule has 0 spiro atoms. The molecular weight excluding hydrogens is 393 g/mol. The monoisotopic (exact) mass is 407 g/mol. The number of amides is 1. The Kier molecular flexibility index (Phi) is 6.88. The van der Waals surface area contributed by atoms with E-state index in [1.165, 1.54) is 19.2 Å². The summed E-state index contributed by atoms with van der Waals surface area (Å²) in [5, 5.41) is 12.2. The second kappa shape index (κ2) is 9.12. The van der Waals surface area contributed by atoms with Crippen LogP contribution in [-0.4, -0.2) is 25.6 Å². The quantitative estimate of drug-likeness (QED) is 0.681. The van der Waals surface area contributed by atoms with Gasteiger partial charge >= 0.3 is 5.97 Å². The first kappa shape index (κ1) is 20.4. The second-order valence-corrected chi connectivity index (χ2v) is 6.19. The summed E-state index contributed by atoms with van der Waals surface area (Å²) in [5.41, 5.74) is 6.39. The van der Waals surface area contributed by atoms with Crippen molar-refractivity contribution in [1.82, 2.24) is 0 Å². The van der Waals surface area contributed by atoms with Crippen molar-refractivity contribution in [1.29, 1.82) is 5.26 Å². The molecule has 0 saturated heterocycles. The van der Waals surface area contributed by atoms with Crippen LogP contribution in [0.2, 0.25) is 10.0 Å². The standard InChI is InChI=1S/C18H15Cl2N3O4/c1-26-18(25)16(23-12-4-2-10(8-21)3-5-12)13-6-11(19)7-14(20)17(13)27-9-15(22)24/h2-7,16,23H,9H2,1H3,(H2,22,24).